The molecule has 1 rings (SSSR count). The molecular weight excluding hydrogens is 1280 g/mol. The van der Waals surface area contributed by atoms with Crippen LogP contribution in [0.5, 0.6) is 0 Å². The number of carboxylic acid groups (broad SMARTS) is 1. The molecule has 13 atom stereocenters. The molecule has 95 heavy (non-hydrogen) atoms. The summed E-state index contributed by atoms with van der Waals surface area (Å²) in [5.41, 5.74) is 27.5. The number of carbonyl (C=O) groups excluding carboxylic acids is 12. The number of esters is 2. The van der Waals surface area contributed by atoms with Gasteiger partial charge in [0.25, 0.3) is 5.91 Å². The molecule has 0 saturated carbocycles. The molecule has 1 aliphatic rings. The number of halogens is 1. The number of carbonyl (C=O) groups is 13. The monoisotopic (exact) mass is 1380 g/mol. The quantitative estimate of drug-likeness (QED) is 0.00711. The number of aliphatic hydroxyl groups excluding tert-OH is 4. The van der Waals surface area contributed by atoms with E-state index in [1.165, 1.54) is 0 Å². The fourth-order valence-electron chi connectivity index (χ4n) is 9.39. The Balaban J connectivity index is 4.25. The lowest BCUT2D eigenvalue weighted by molar-refractivity contribution is -0.155. The molecule has 540 valence electrons. The number of aliphatic imine (C=N–C) groups is 1. The number of hydrogen-bond donors (Lipinski definition) is 20. The first-order valence-corrected chi connectivity index (χ1v) is 32.2. The molecule has 0 bridgehead atoms. The smallest absolute Gasteiger partial charge is 0.335 e. The van der Waals surface area contributed by atoms with E-state index in [1.54, 1.807) is 0 Å². The predicted molar refractivity (Wildman–Crippen MR) is 342 cm³/mol. The summed E-state index contributed by atoms with van der Waals surface area (Å²) in [5, 5.41) is 75.6. The fourth-order valence-corrected chi connectivity index (χ4v) is 9.56. The average molecular weight is 1380 g/mol. The summed E-state index contributed by atoms with van der Waals surface area (Å²) in [6.07, 6.45) is -0.781. The van der Waals surface area contributed by atoms with Crippen LogP contribution >= 0.6 is 11.6 Å². The van der Waals surface area contributed by atoms with Gasteiger partial charge in [-0.3, -0.25) is 52.9 Å². The molecule has 37 heteroatoms. The van der Waals surface area contributed by atoms with Crippen LogP contribution in [0.2, 0.25) is 0 Å². The first-order valence-electron chi connectivity index (χ1n) is 31.6. The van der Waals surface area contributed by atoms with Crippen molar-refractivity contribution in [2.45, 2.75) is 222 Å². The Hall–Kier alpha value is -7.87. The number of aliphatic hydroxyl groups is 4. The van der Waals surface area contributed by atoms with Crippen LogP contribution in [0.3, 0.4) is 0 Å². The SMILES string of the molecule is C/C=C1\NC(=O)[C@H]([C@@H](C)O)NC(=O)[C@H](CCN)NC(=O)[C@H](CCCCN)NC(=O)[C@H](CC(=O)N[C@@H](CCCN=C(N)N)C(=O)OC)NC(=O)[C@@H](CCN)NC(=O)[C@@H](NC(=O)C[C@H](O)CCCCCCCCCCC)COC(=O)[C@H]([C@H](O)CCl)NC(=O)[C@H]([C@H](O)C(=O)O)NC1=O. The van der Waals surface area contributed by atoms with Crippen molar-refractivity contribution in [2.75, 3.05) is 45.8 Å². The van der Waals surface area contributed by atoms with Gasteiger partial charge in [-0.15, -0.1) is 11.6 Å². The lowest BCUT2D eigenvalue weighted by Gasteiger charge is -2.29. The highest BCUT2D eigenvalue weighted by Gasteiger charge is 2.41. The summed E-state index contributed by atoms with van der Waals surface area (Å²) in [4.78, 5) is 184. The molecular formula is C58H101ClN16O20. The van der Waals surface area contributed by atoms with E-state index in [1.807, 2.05) is 10.6 Å². The van der Waals surface area contributed by atoms with Crippen molar-refractivity contribution in [2.24, 2.45) is 33.7 Å². The molecule has 1 aliphatic heterocycles. The van der Waals surface area contributed by atoms with E-state index in [4.69, 9.17) is 49.7 Å². The van der Waals surface area contributed by atoms with Gasteiger partial charge in [0.1, 0.15) is 60.6 Å². The van der Waals surface area contributed by atoms with Crippen molar-refractivity contribution >= 4 is 94.5 Å². The minimum absolute atomic E-state index is 0.00292. The van der Waals surface area contributed by atoms with E-state index in [9.17, 15) is 87.9 Å². The molecule has 36 nitrogen and oxygen atoms in total. The Morgan fingerprint density at radius 1 is 0.653 bits per heavy atom. The number of nitrogens with two attached hydrogens (primary N) is 5. The number of allylic oxidation sites excluding steroid dienone is 1. The number of rotatable bonds is 34. The summed E-state index contributed by atoms with van der Waals surface area (Å²) in [5.74, 6) is -18.7. The number of guanidine groups is 1. The Morgan fingerprint density at radius 2 is 1.19 bits per heavy atom. The molecule has 25 N–H and O–H groups in total. The van der Waals surface area contributed by atoms with Crippen LogP contribution in [0.25, 0.3) is 0 Å². The van der Waals surface area contributed by atoms with Crippen LogP contribution in [0.15, 0.2) is 16.8 Å². The van der Waals surface area contributed by atoms with Crippen molar-refractivity contribution in [3.63, 3.8) is 0 Å². The highest BCUT2D eigenvalue weighted by atomic mass is 35.5. The van der Waals surface area contributed by atoms with Gasteiger partial charge in [-0.1, -0.05) is 70.8 Å². The van der Waals surface area contributed by atoms with E-state index >= 15 is 0 Å². The van der Waals surface area contributed by atoms with Gasteiger partial charge < -0.3 is 117 Å². The minimum Gasteiger partial charge on any atom is -0.479 e. The maximum Gasteiger partial charge on any atom is 0.335 e. The van der Waals surface area contributed by atoms with Crippen molar-refractivity contribution in [1.29, 1.82) is 0 Å². The van der Waals surface area contributed by atoms with Crippen LogP contribution in [-0.2, 0) is 71.8 Å². The van der Waals surface area contributed by atoms with Crippen molar-refractivity contribution in [3.05, 3.63) is 11.8 Å². The number of alkyl halides is 1. The number of nitrogens with zero attached hydrogens (tertiary/aromatic N) is 1. The van der Waals surface area contributed by atoms with E-state index in [0.29, 0.717) is 6.42 Å². The Labute approximate surface area is 556 Å². The number of methoxy groups -OCH3 is 1. The van der Waals surface area contributed by atoms with Gasteiger partial charge in [0.05, 0.1) is 44.1 Å². The van der Waals surface area contributed by atoms with Crippen LogP contribution in [0.1, 0.15) is 143 Å². The molecule has 0 spiro atoms. The zero-order chi connectivity index (χ0) is 71.7. The summed E-state index contributed by atoms with van der Waals surface area (Å²) >= 11 is 5.91. The number of unbranched alkanes of at least 4 members (excludes halogenated alkanes) is 9. The van der Waals surface area contributed by atoms with E-state index in [2.05, 4.69) is 54.5 Å². The van der Waals surface area contributed by atoms with Gasteiger partial charge in [-0.05, 0) is 84.8 Å². The van der Waals surface area contributed by atoms with Crippen LogP contribution < -0.4 is 81.8 Å². The number of carboxylic acids is 1. The average Bonchev–Trinajstić information content (AvgIpc) is 0.890. The molecule has 0 radical (unpaired) electrons. The van der Waals surface area contributed by atoms with Gasteiger partial charge in [0, 0.05) is 6.54 Å². The highest BCUT2D eigenvalue weighted by Crippen LogP contribution is 2.15. The standard InChI is InChI=1S/C58H101ClN16O20/c1-5-7-8-9-10-11-12-13-14-18-32(77)27-41(79)67-39-30-95-57(93)44(40(78)29-59)74-54(89)45(46(81)55(90)91)75-47(82)33(6-2)68-53(88)43(31(3)76)73-50(85)36(22-25-62)70-48(83)34(19-15-16-23-60)69-51(86)38(72-49(84)35(21-24-61)71-52(39)87)28-42(80)66-37(56(92)94-4)20-17-26-65-58(63)64/h6,31-32,34-40,43-46,76-78,81H,5,7-30,60-62H2,1-4H3,(H,66,80)(H,67,79)(H,68,88)(H,69,86)(H,70,83)(H,71,87)(H,72,84)(H,73,85)(H,74,89)(H,75,82)(H,90,91)(H4,63,64,65)/b33-6-/t31-,32-,34+,35-,36+,37+,38+,39+,40-,43+,44+,45+,46+/m1/s1. The topological polar surface area (TPSA) is 604 Å². The first kappa shape index (κ1) is 85.1. The highest BCUT2D eigenvalue weighted by molar-refractivity contribution is 6.18. The second kappa shape index (κ2) is 47.1. The Morgan fingerprint density at radius 3 is 1.72 bits per heavy atom. The lowest BCUT2D eigenvalue weighted by atomic mass is 10.0. The lowest BCUT2D eigenvalue weighted by Crippen LogP contribution is -2.62. The maximum absolute atomic E-state index is 14.7. The summed E-state index contributed by atoms with van der Waals surface area (Å²) < 4.78 is 10.2. The first-order chi connectivity index (χ1) is 45.0. The molecule has 0 aromatic rings. The molecule has 10 amide bonds. The third-order valence-corrected chi connectivity index (χ3v) is 15.1. The van der Waals surface area contributed by atoms with Crippen molar-refractivity contribution in [1.82, 2.24) is 53.2 Å². The van der Waals surface area contributed by atoms with E-state index in [0.717, 1.165) is 78.4 Å². The number of cyclic esters (lactones) is 1. The molecule has 0 aromatic heterocycles. The summed E-state index contributed by atoms with van der Waals surface area (Å²) in [7, 11) is 1.03. The number of aliphatic carboxylic acids is 1. The molecule has 0 aromatic carbocycles. The van der Waals surface area contributed by atoms with E-state index in [-0.39, 0.29) is 70.5 Å². The third kappa shape index (κ3) is 32.9. The zero-order valence-electron chi connectivity index (χ0n) is 54.3. The van der Waals surface area contributed by atoms with Crippen molar-refractivity contribution < 1.29 is 97.3 Å². The van der Waals surface area contributed by atoms with Crippen molar-refractivity contribution in [3.8, 4) is 0 Å². The van der Waals surface area contributed by atoms with Crippen LogP contribution in [-0.4, -0.2) is 233 Å². The van der Waals surface area contributed by atoms with Gasteiger partial charge in [0.2, 0.25) is 53.2 Å². The normalized spacial score (nSPS) is 23.1. The van der Waals surface area contributed by atoms with Gasteiger partial charge in [0.15, 0.2) is 18.1 Å². The number of nitrogens with one attached hydrogen (secondary N) is 10. The molecule has 0 unspecified atom stereocenters. The van der Waals surface area contributed by atoms with Crippen LogP contribution in [0.4, 0.5) is 0 Å². The number of amides is 10. The molecule has 0 aliphatic carbocycles. The van der Waals surface area contributed by atoms with E-state index < -0.39 is 200 Å². The molecule has 1 heterocycles. The largest absolute Gasteiger partial charge is 0.479 e. The van der Waals surface area contributed by atoms with Gasteiger partial charge in [-0.2, -0.15) is 0 Å². The third-order valence-electron chi connectivity index (χ3n) is 14.7. The zero-order valence-corrected chi connectivity index (χ0v) is 55.1. The predicted octanol–water partition coefficient (Wildman–Crippen LogP) is -6.53. The van der Waals surface area contributed by atoms with Crippen LogP contribution in [0, 0.1) is 0 Å². The number of hydrogen-bond acceptors (Lipinski definition) is 23. The second-order valence-corrected chi connectivity index (χ2v) is 22.9. The fraction of sp³-hybridized carbons (Fsp3) is 0.724. The molecule has 1 saturated heterocycles. The minimum atomic E-state index is -2.85. The Kier molecular flexibility index (Phi) is 42.2. The summed E-state index contributed by atoms with van der Waals surface area (Å²) in [6, 6.07) is -17.6. The van der Waals surface area contributed by atoms with Gasteiger partial charge in [-0.25, -0.2) is 14.4 Å². The number of ether oxygens (including phenoxy) is 2. The Bertz CT molecular complexity index is 2580. The second-order valence-electron chi connectivity index (χ2n) is 22.6. The summed E-state index contributed by atoms with van der Waals surface area (Å²) in [6.45, 7) is 2.47. The van der Waals surface area contributed by atoms with Gasteiger partial charge >= 0.3 is 17.9 Å². The molecule has 1 fully saturated rings. The maximum atomic E-state index is 14.7.